The Bertz CT molecular complexity index is 1290. The van der Waals surface area contributed by atoms with Gasteiger partial charge in [0.05, 0.1) is 25.2 Å². The van der Waals surface area contributed by atoms with E-state index in [1.54, 1.807) is 7.11 Å². The number of rotatable bonds is 7. The summed E-state index contributed by atoms with van der Waals surface area (Å²) in [5.41, 5.74) is 7.21. The molecule has 0 bridgehead atoms. The summed E-state index contributed by atoms with van der Waals surface area (Å²) in [6, 6.07) is 22.4. The molecule has 0 aromatic heterocycles. The third-order valence-corrected chi connectivity index (χ3v) is 6.80. The van der Waals surface area contributed by atoms with Crippen LogP contribution in [0.25, 0.3) is 6.08 Å². The molecule has 0 saturated heterocycles. The van der Waals surface area contributed by atoms with E-state index < -0.39 is 0 Å². The number of halogens is 1. The van der Waals surface area contributed by atoms with Crippen molar-refractivity contribution in [3.63, 3.8) is 0 Å². The minimum Gasteiger partial charge on any atom is -1.00 e. The normalized spacial score (nSPS) is 13.8. The van der Waals surface area contributed by atoms with Crippen LogP contribution < -0.4 is 33.6 Å². The van der Waals surface area contributed by atoms with Crippen molar-refractivity contribution < 1.29 is 42.8 Å². The maximum Gasteiger partial charge on any atom is 0.338 e. The molecule has 36 heavy (non-hydrogen) atoms. The fourth-order valence-electron chi connectivity index (χ4n) is 4.71. The van der Waals surface area contributed by atoms with Gasteiger partial charge in [-0.1, -0.05) is 18.2 Å². The van der Waals surface area contributed by atoms with Gasteiger partial charge in [0.1, 0.15) is 12.3 Å². The molecule has 0 radical (unpaired) electrons. The fraction of sp³-hybridized carbons (Fsp3) is 0.267. The third kappa shape index (κ3) is 5.19. The van der Waals surface area contributed by atoms with E-state index >= 15 is 0 Å². The molecule has 0 amide bonds. The Morgan fingerprint density at radius 3 is 2.11 bits per heavy atom. The molecule has 3 aromatic rings. The average Bonchev–Trinajstić information content (AvgIpc) is 3.11. The van der Waals surface area contributed by atoms with E-state index in [2.05, 4.69) is 79.8 Å². The van der Waals surface area contributed by atoms with Gasteiger partial charge in [0.25, 0.3) is 0 Å². The van der Waals surface area contributed by atoms with Crippen LogP contribution in [0.5, 0.6) is 5.75 Å². The SMILES string of the molecule is CC[N+]1=C(/C=C/c2ccc(N(C)c3ccc(OC)cc3)cc2)C(C)(C)c2ccc(C(=O)OC)cc21.[I-]. The van der Waals surface area contributed by atoms with Crippen LogP contribution in [0.2, 0.25) is 0 Å². The van der Waals surface area contributed by atoms with Crippen LogP contribution in [0.1, 0.15) is 42.3 Å². The zero-order valence-electron chi connectivity index (χ0n) is 21.7. The van der Waals surface area contributed by atoms with Gasteiger partial charge in [0.2, 0.25) is 5.69 Å². The number of carbonyl (C=O) groups excluding carboxylic acids is 1. The number of hydrogen-bond donors (Lipinski definition) is 0. The summed E-state index contributed by atoms with van der Waals surface area (Å²) in [6.45, 7) is 7.40. The number of methoxy groups -OCH3 is 2. The number of hydrogen-bond acceptors (Lipinski definition) is 4. The predicted octanol–water partition coefficient (Wildman–Crippen LogP) is 3.36. The molecule has 1 heterocycles. The Labute approximate surface area is 231 Å². The van der Waals surface area contributed by atoms with Crippen LogP contribution in [0.4, 0.5) is 17.1 Å². The molecule has 0 spiro atoms. The highest BCUT2D eigenvalue weighted by atomic mass is 127. The van der Waals surface area contributed by atoms with Crippen molar-refractivity contribution in [1.29, 1.82) is 0 Å². The molecule has 0 saturated carbocycles. The second kappa shape index (κ2) is 11.3. The third-order valence-electron chi connectivity index (χ3n) is 6.80. The maximum atomic E-state index is 12.1. The molecule has 4 rings (SSSR count). The number of benzene rings is 3. The van der Waals surface area contributed by atoms with Gasteiger partial charge in [0.15, 0.2) is 5.71 Å². The van der Waals surface area contributed by atoms with Gasteiger partial charge in [-0.2, -0.15) is 4.58 Å². The summed E-state index contributed by atoms with van der Waals surface area (Å²) < 4.78 is 12.5. The summed E-state index contributed by atoms with van der Waals surface area (Å²) in [5, 5.41) is 0. The maximum absolute atomic E-state index is 12.1. The lowest BCUT2D eigenvalue weighted by Gasteiger charge is -2.20. The van der Waals surface area contributed by atoms with Gasteiger partial charge in [-0.25, -0.2) is 4.79 Å². The molecule has 5 nitrogen and oxygen atoms in total. The highest BCUT2D eigenvalue weighted by Gasteiger charge is 2.44. The van der Waals surface area contributed by atoms with Gasteiger partial charge in [-0.15, -0.1) is 0 Å². The molecule has 0 aliphatic carbocycles. The molecule has 3 aromatic carbocycles. The number of esters is 1. The molecule has 1 aliphatic heterocycles. The molecule has 0 N–H and O–H groups in total. The summed E-state index contributed by atoms with van der Waals surface area (Å²) in [5.74, 6) is 0.533. The minimum absolute atomic E-state index is 0. The van der Waals surface area contributed by atoms with Crippen molar-refractivity contribution in [3.05, 3.63) is 89.5 Å². The highest BCUT2D eigenvalue weighted by molar-refractivity contribution is 6.05. The molecular weight excluding hydrogens is 563 g/mol. The van der Waals surface area contributed by atoms with Gasteiger partial charge >= 0.3 is 5.97 Å². The lowest BCUT2D eigenvalue weighted by Crippen LogP contribution is -3.00. The van der Waals surface area contributed by atoms with E-state index in [1.807, 2.05) is 36.4 Å². The standard InChI is InChI=1S/C30H33N2O3.HI/c1-7-32-27-20-22(29(33)35-6)11-18-26(27)30(2,3)28(32)19-10-21-8-12-23(13-9-21)31(4)24-14-16-25(34-5)17-15-24;/h8-20H,7H2,1-6H3;1H/q+1;/p-1. The largest absolute Gasteiger partial charge is 1.00 e. The summed E-state index contributed by atoms with van der Waals surface area (Å²) in [7, 11) is 5.15. The Balaban J connectivity index is 0.00000361. The van der Waals surface area contributed by atoms with E-state index in [4.69, 9.17) is 9.47 Å². The molecule has 0 fully saturated rings. The van der Waals surface area contributed by atoms with E-state index in [-0.39, 0.29) is 35.4 Å². The smallest absolute Gasteiger partial charge is 0.338 e. The first-order chi connectivity index (χ1) is 16.8. The van der Waals surface area contributed by atoms with Gasteiger partial charge in [-0.3, -0.25) is 0 Å². The second-order valence-electron chi connectivity index (χ2n) is 9.16. The molecule has 6 heteroatoms. The number of anilines is 2. The molecule has 0 atom stereocenters. The lowest BCUT2D eigenvalue weighted by atomic mass is 9.81. The first-order valence-electron chi connectivity index (χ1n) is 11.8. The van der Waals surface area contributed by atoms with Crippen molar-refractivity contribution in [2.75, 3.05) is 32.7 Å². The van der Waals surface area contributed by atoms with E-state index in [9.17, 15) is 4.79 Å². The van der Waals surface area contributed by atoms with E-state index in [1.165, 1.54) is 18.4 Å². The van der Waals surface area contributed by atoms with Crippen LogP contribution in [0, 0.1) is 0 Å². The zero-order chi connectivity index (χ0) is 25.2. The number of carbonyl (C=O) groups is 1. The Kier molecular flexibility index (Phi) is 8.61. The lowest BCUT2D eigenvalue weighted by molar-refractivity contribution is -0.433. The highest BCUT2D eigenvalue weighted by Crippen LogP contribution is 2.40. The van der Waals surface area contributed by atoms with E-state index in [0.717, 1.165) is 34.9 Å². The van der Waals surface area contributed by atoms with E-state index in [0.29, 0.717) is 5.56 Å². The van der Waals surface area contributed by atoms with Crippen LogP contribution in [0.3, 0.4) is 0 Å². The zero-order valence-corrected chi connectivity index (χ0v) is 23.9. The number of fused-ring (bicyclic) bond motifs is 1. The van der Waals surface area contributed by atoms with Crippen molar-refractivity contribution >= 4 is 34.8 Å². The van der Waals surface area contributed by atoms with Crippen molar-refractivity contribution in [1.82, 2.24) is 0 Å². The molecular formula is C30H33IN2O3. The monoisotopic (exact) mass is 596 g/mol. The van der Waals surface area contributed by atoms with Crippen LogP contribution in [-0.4, -0.2) is 44.1 Å². The van der Waals surface area contributed by atoms with Crippen LogP contribution in [-0.2, 0) is 10.2 Å². The summed E-state index contributed by atoms with van der Waals surface area (Å²) >= 11 is 0. The summed E-state index contributed by atoms with van der Waals surface area (Å²) in [6.07, 6.45) is 4.35. The molecule has 0 unspecified atom stereocenters. The first kappa shape index (κ1) is 27.5. The Morgan fingerprint density at radius 2 is 1.56 bits per heavy atom. The van der Waals surface area contributed by atoms with Crippen LogP contribution in [0.15, 0.2) is 72.8 Å². The van der Waals surface area contributed by atoms with Crippen molar-refractivity contribution in [3.8, 4) is 5.75 Å². The van der Waals surface area contributed by atoms with Gasteiger partial charge in [-0.05, 0) is 74.9 Å². The predicted molar refractivity (Wildman–Crippen MR) is 143 cm³/mol. The Hall–Kier alpha value is -3.13. The first-order valence-corrected chi connectivity index (χ1v) is 11.8. The van der Waals surface area contributed by atoms with Crippen molar-refractivity contribution in [2.45, 2.75) is 26.2 Å². The number of allylic oxidation sites excluding steroid dienone is 1. The minimum atomic E-state index is -0.314. The van der Waals surface area contributed by atoms with Crippen LogP contribution >= 0.6 is 0 Å². The van der Waals surface area contributed by atoms with Gasteiger partial charge in [0, 0.05) is 36.1 Å². The fourth-order valence-corrected chi connectivity index (χ4v) is 4.71. The van der Waals surface area contributed by atoms with Gasteiger partial charge < -0.3 is 38.4 Å². The molecule has 1 aliphatic rings. The average molecular weight is 597 g/mol. The number of ether oxygens (including phenoxy) is 2. The summed E-state index contributed by atoms with van der Waals surface area (Å²) in [4.78, 5) is 14.2. The second-order valence-corrected chi connectivity index (χ2v) is 9.16. The molecule has 188 valence electrons. The number of nitrogens with zero attached hydrogens (tertiary/aromatic N) is 2. The Morgan fingerprint density at radius 1 is 0.944 bits per heavy atom. The quantitative estimate of drug-likeness (QED) is 0.239. The topological polar surface area (TPSA) is 41.8 Å². The van der Waals surface area contributed by atoms with Crippen molar-refractivity contribution in [2.24, 2.45) is 0 Å².